The average Bonchev–Trinajstić information content (AvgIpc) is 2.42. The molecular formula is C14H26N6O. The first-order valence-electron chi connectivity index (χ1n) is 7.26. The van der Waals surface area contributed by atoms with E-state index < -0.39 is 0 Å². The second kappa shape index (κ2) is 7.75. The number of nitrogens with zero attached hydrogens (tertiary/aromatic N) is 4. The van der Waals surface area contributed by atoms with Gasteiger partial charge < -0.3 is 15.5 Å². The van der Waals surface area contributed by atoms with Gasteiger partial charge in [0, 0.05) is 39.0 Å². The Labute approximate surface area is 126 Å². The SMILES string of the molecule is CC(C)C(=O)NCCNc1nc(C(C)C)nc(N(C)C)n1. The van der Waals surface area contributed by atoms with Crippen molar-refractivity contribution in [3.8, 4) is 0 Å². The molecule has 0 bridgehead atoms. The third-order valence-corrected chi connectivity index (χ3v) is 2.79. The van der Waals surface area contributed by atoms with E-state index in [1.54, 1.807) is 0 Å². The Morgan fingerprint density at radius 3 is 2.29 bits per heavy atom. The van der Waals surface area contributed by atoms with Crippen LogP contribution in [0.5, 0.6) is 0 Å². The molecule has 0 saturated heterocycles. The Morgan fingerprint density at radius 1 is 1.10 bits per heavy atom. The molecule has 1 aromatic rings. The molecule has 0 fully saturated rings. The van der Waals surface area contributed by atoms with E-state index in [2.05, 4.69) is 25.6 Å². The van der Waals surface area contributed by atoms with Crippen molar-refractivity contribution in [2.75, 3.05) is 37.4 Å². The lowest BCUT2D eigenvalue weighted by Gasteiger charge is -2.15. The van der Waals surface area contributed by atoms with E-state index in [-0.39, 0.29) is 17.7 Å². The van der Waals surface area contributed by atoms with Crippen molar-refractivity contribution < 1.29 is 4.79 Å². The summed E-state index contributed by atoms with van der Waals surface area (Å²) >= 11 is 0. The first-order valence-corrected chi connectivity index (χ1v) is 7.26. The van der Waals surface area contributed by atoms with Crippen LogP contribution in [0.2, 0.25) is 0 Å². The lowest BCUT2D eigenvalue weighted by molar-refractivity contribution is -0.123. The monoisotopic (exact) mass is 294 g/mol. The summed E-state index contributed by atoms with van der Waals surface area (Å²) in [5.41, 5.74) is 0. The van der Waals surface area contributed by atoms with E-state index in [0.717, 1.165) is 5.82 Å². The molecule has 0 atom stereocenters. The summed E-state index contributed by atoms with van der Waals surface area (Å²) < 4.78 is 0. The molecule has 0 aliphatic rings. The van der Waals surface area contributed by atoms with Gasteiger partial charge in [-0.2, -0.15) is 15.0 Å². The van der Waals surface area contributed by atoms with E-state index in [4.69, 9.17) is 0 Å². The number of aromatic nitrogens is 3. The first-order chi connectivity index (χ1) is 9.81. The van der Waals surface area contributed by atoms with Gasteiger partial charge in [-0.1, -0.05) is 27.7 Å². The highest BCUT2D eigenvalue weighted by atomic mass is 16.1. The van der Waals surface area contributed by atoms with Crippen LogP contribution in [0.25, 0.3) is 0 Å². The highest BCUT2D eigenvalue weighted by Crippen LogP contribution is 2.14. The third kappa shape index (κ3) is 5.53. The number of carbonyl (C=O) groups excluding carboxylic acids is 1. The number of nitrogens with one attached hydrogen (secondary N) is 2. The fourth-order valence-electron chi connectivity index (χ4n) is 1.48. The molecule has 1 amide bonds. The zero-order valence-corrected chi connectivity index (χ0v) is 13.8. The van der Waals surface area contributed by atoms with Gasteiger partial charge in [0.2, 0.25) is 17.8 Å². The van der Waals surface area contributed by atoms with Crippen LogP contribution in [0.1, 0.15) is 39.4 Å². The molecule has 0 unspecified atom stereocenters. The minimum absolute atomic E-state index is 0.00457. The lowest BCUT2D eigenvalue weighted by Crippen LogP contribution is -2.32. The molecule has 0 spiro atoms. The summed E-state index contributed by atoms with van der Waals surface area (Å²) in [5, 5.41) is 5.97. The van der Waals surface area contributed by atoms with Gasteiger partial charge in [0.1, 0.15) is 5.82 Å². The molecule has 1 rings (SSSR count). The second-order valence-electron chi connectivity index (χ2n) is 5.74. The molecule has 1 heterocycles. The minimum atomic E-state index is -0.00457. The molecule has 118 valence electrons. The van der Waals surface area contributed by atoms with Gasteiger partial charge >= 0.3 is 0 Å². The molecule has 7 nitrogen and oxygen atoms in total. The second-order valence-corrected chi connectivity index (χ2v) is 5.74. The summed E-state index contributed by atoms with van der Waals surface area (Å²) in [7, 11) is 3.79. The van der Waals surface area contributed by atoms with Crippen LogP contribution < -0.4 is 15.5 Å². The number of hydrogen-bond acceptors (Lipinski definition) is 6. The van der Waals surface area contributed by atoms with Gasteiger partial charge in [-0.05, 0) is 0 Å². The number of amides is 1. The van der Waals surface area contributed by atoms with Crippen LogP contribution in [-0.2, 0) is 4.79 Å². The smallest absolute Gasteiger partial charge is 0.229 e. The van der Waals surface area contributed by atoms with E-state index >= 15 is 0 Å². The number of anilines is 2. The van der Waals surface area contributed by atoms with Crippen molar-refractivity contribution >= 4 is 17.8 Å². The van der Waals surface area contributed by atoms with Gasteiger partial charge in [-0.3, -0.25) is 4.79 Å². The number of rotatable bonds is 7. The highest BCUT2D eigenvalue weighted by molar-refractivity contribution is 5.77. The fraction of sp³-hybridized carbons (Fsp3) is 0.714. The Balaban J connectivity index is 2.64. The van der Waals surface area contributed by atoms with Gasteiger partial charge in [0.05, 0.1) is 0 Å². The predicted octanol–water partition coefficient (Wildman–Crippen LogP) is 1.25. The van der Waals surface area contributed by atoms with Gasteiger partial charge in [0.25, 0.3) is 0 Å². The molecule has 0 aromatic carbocycles. The van der Waals surface area contributed by atoms with Crippen LogP contribution in [0.15, 0.2) is 0 Å². The van der Waals surface area contributed by atoms with Crippen LogP contribution in [-0.4, -0.2) is 48.0 Å². The van der Waals surface area contributed by atoms with E-state index in [9.17, 15) is 4.79 Å². The normalized spacial score (nSPS) is 10.9. The summed E-state index contributed by atoms with van der Waals surface area (Å²) in [6.07, 6.45) is 0. The summed E-state index contributed by atoms with van der Waals surface area (Å²) in [6.45, 7) is 8.94. The largest absolute Gasteiger partial charge is 0.354 e. The highest BCUT2D eigenvalue weighted by Gasteiger charge is 2.11. The van der Waals surface area contributed by atoms with Crippen molar-refractivity contribution in [3.63, 3.8) is 0 Å². The molecule has 7 heteroatoms. The molecule has 1 aromatic heterocycles. The maximum absolute atomic E-state index is 11.5. The van der Waals surface area contributed by atoms with E-state index in [1.807, 2.05) is 46.7 Å². The zero-order chi connectivity index (χ0) is 16.0. The van der Waals surface area contributed by atoms with Crippen molar-refractivity contribution in [1.29, 1.82) is 0 Å². The van der Waals surface area contributed by atoms with Gasteiger partial charge in [-0.15, -0.1) is 0 Å². The summed E-state index contributed by atoms with van der Waals surface area (Å²) in [4.78, 5) is 26.4. The van der Waals surface area contributed by atoms with Crippen molar-refractivity contribution in [2.45, 2.75) is 33.6 Å². The van der Waals surface area contributed by atoms with Crippen LogP contribution in [0, 0.1) is 5.92 Å². The lowest BCUT2D eigenvalue weighted by atomic mass is 10.2. The quantitative estimate of drug-likeness (QED) is 0.736. The molecule has 0 aliphatic carbocycles. The zero-order valence-electron chi connectivity index (χ0n) is 13.8. The van der Waals surface area contributed by atoms with Crippen molar-refractivity contribution in [2.24, 2.45) is 5.92 Å². The molecule has 2 N–H and O–H groups in total. The summed E-state index contributed by atoms with van der Waals surface area (Å²) in [6, 6.07) is 0. The van der Waals surface area contributed by atoms with Crippen LogP contribution in [0.4, 0.5) is 11.9 Å². The van der Waals surface area contributed by atoms with E-state index in [1.165, 1.54) is 0 Å². The van der Waals surface area contributed by atoms with Gasteiger partial charge in [-0.25, -0.2) is 0 Å². The third-order valence-electron chi connectivity index (χ3n) is 2.79. The number of carbonyl (C=O) groups is 1. The standard InChI is InChI=1S/C14H26N6O/c1-9(2)11-17-13(19-14(18-11)20(5)6)16-8-7-15-12(21)10(3)4/h9-10H,7-8H2,1-6H3,(H,15,21)(H,16,17,18,19). The molecule has 0 aliphatic heterocycles. The average molecular weight is 294 g/mol. The van der Waals surface area contributed by atoms with Crippen molar-refractivity contribution in [3.05, 3.63) is 5.82 Å². The fourth-order valence-corrected chi connectivity index (χ4v) is 1.48. The topological polar surface area (TPSA) is 83.0 Å². The Morgan fingerprint density at radius 2 is 1.76 bits per heavy atom. The predicted molar refractivity (Wildman–Crippen MR) is 84.6 cm³/mol. The van der Waals surface area contributed by atoms with Gasteiger partial charge in [0.15, 0.2) is 0 Å². The summed E-state index contributed by atoms with van der Waals surface area (Å²) in [5.74, 6) is 2.19. The first kappa shape index (κ1) is 17.1. The molecular weight excluding hydrogens is 268 g/mol. The van der Waals surface area contributed by atoms with Crippen LogP contribution >= 0.6 is 0 Å². The molecule has 0 radical (unpaired) electrons. The minimum Gasteiger partial charge on any atom is -0.354 e. The Kier molecular flexibility index (Phi) is 6.33. The van der Waals surface area contributed by atoms with E-state index in [0.29, 0.717) is 25.0 Å². The number of hydrogen-bond donors (Lipinski definition) is 2. The van der Waals surface area contributed by atoms with Crippen molar-refractivity contribution in [1.82, 2.24) is 20.3 Å². The Bertz CT molecular complexity index is 446. The molecule has 21 heavy (non-hydrogen) atoms. The maximum Gasteiger partial charge on any atom is 0.229 e. The van der Waals surface area contributed by atoms with Crippen LogP contribution in [0.3, 0.4) is 0 Å². The Hall–Kier alpha value is -1.92. The molecule has 0 saturated carbocycles. The maximum atomic E-state index is 11.5.